The third kappa shape index (κ3) is 4.70. The molecule has 0 aliphatic carbocycles. The van der Waals surface area contributed by atoms with Crippen LogP contribution in [0.25, 0.3) is 22.3 Å². The van der Waals surface area contributed by atoms with E-state index in [-0.39, 0.29) is 0 Å². The van der Waals surface area contributed by atoms with Gasteiger partial charge in [0.1, 0.15) is 0 Å². The van der Waals surface area contributed by atoms with E-state index in [1.165, 1.54) is 5.56 Å². The first-order valence-electron chi connectivity index (χ1n) is 11.2. The molecule has 8 heteroatoms. The Kier molecular flexibility index (Phi) is 6.91. The molecule has 3 heterocycles. The molecule has 3 N–H and O–H groups in total. The van der Waals surface area contributed by atoms with E-state index >= 15 is 0 Å². The number of aromatic amines is 1. The highest BCUT2D eigenvalue weighted by Crippen LogP contribution is 2.27. The van der Waals surface area contributed by atoms with Crippen LogP contribution in [-0.2, 0) is 6.54 Å². The molecule has 1 aliphatic heterocycles. The summed E-state index contributed by atoms with van der Waals surface area (Å²) < 4.78 is 0. The van der Waals surface area contributed by atoms with Gasteiger partial charge in [-0.3, -0.25) is 5.10 Å². The van der Waals surface area contributed by atoms with Crippen molar-refractivity contribution in [1.82, 2.24) is 30.7 Å². The molecule has 0 atom stereocenters. The van der Waals surface area contributed by atoms with E-state index in [4.69, 9.17) is 4.98 Å². The number of hydrogen-bond acceptors (Lipinski definition) is 7. The minimum atomic E-state index is 0.622. The molecule has 1 aliphatic rings. The quantitative estimate of drug-likeness (QED) is 0.444. The molecule has 32 heavy (non-hydrogen) atoms. The molecule has 2 aromatic carbocycles. The zero-order valence-electron chi connectivity index (χ0n) is 18.9. The third-order valence-electron chi connectivity index (χ3n) is 5.39. The second-order valence-corrected chi connectivity index (χ2v) is 7.46. The predicted octanol–water partition coefficient (Wildman–Crippen LogP) is 3.77. The Hall–Kier alpha value is -3.52. The first-order chi connectivity index (χ1) is 15.8. The van der Waals surface area contributed by atoms with Crippen molar-refractivity contribution in [1.29, 1.82) is 0 Å². The normalized spacial score (nSPS) is 13.5. The van der Waals surface area contributed by atoms with Crippen molar-refractivity contribution >= 4 is 22.5 Å². The lowest BCUT2D eigenvalue weighted by Crippen LogP contribution is -2.44. The van der Waals surface area contributed by atoms with Crippen LogP contribution in [0.4, 0.5) is 11.6 Å². The highest BCUT2D eigenvalue weighted by atomic mass is 15.3. The summed E-state index contributed by atoms with van der Waals surface area (Å²) in [5.74, 6) is 2.18. The first-order valence-corrected chi connectivity index (χ1v) is 11.2. The molecule has 4 aromatic rings. The fourth-order valence-electron chi connectivity index (χ4n) is 3.71. The van der Waals surface area contributed by atoms with Crippen LogP contribution >= 0.6 is 0 Å². The van der Waals surface area contributed by atoms with Gasteiger partial charge in [0.05, 0.1) is 5.52 Å². The number of nitrogens with one attached hydrogen (secondary N) is 3. The number of rotatable bonds is 5. The van der Waals surface area contributed by atoms with Gasteiger partial charge in [0.15, 0.2) is 17.5 Å². The fraction of sp³-hybridized carbons (Fsp3) is 0.333. The maximum absolute atomic E-state index is 4.93. The maximum atomic E-state index is 4.93. The van der Waals surface area contributed by atoms with Crippen molar-refractivity contribution in [2.45, 2.75) is 27.3 Å². The summed E-state index contributed by atoms with van der Waals surface area (Å²) in [6, 6.07) is 16.3. The Bertz CT molecular complexity index is 1150. The summed E-state index contributed by atoms with van der Waals surface area (Å²) in [7, 11) is 0. The van der Waals surface area contributed by atoms with E-state index in [1.807, 2.05) is 51.1 Å². The van der Waals surface area contributed by atoms with Gasteiger partial charge in [-0.05, 0) is 30.7 Å². The number of fused-ring (bicyclic) bond motifs is 1. The molecule has 0 unspecified atom stereocenters. The van der Waals surface area contributed by atoms with E-state index in [0.29, 0.717) is 18.2 Å². The molecular weight excluding hydrogens is 400 g/mol. The zero-order valence-corrected chi connectivity index (χ0v) is 18.9. The Balaban J connectivity index is 0.00000119. The van der Waals surface area contributed by atoms with Crippen LogP contribution in [0.15, 0.2) is 48.5 Å². The lowest BCUT2D eigenvalue weighted by molar-refractivity contribution is 0.584. The van der Waals surface area contributed by atoms with Crippen LogP contribution in [0.5, 0.6) is 0 Å². The summed E-state index contributed by atoms with van der Waals surface area (Å²) in [5, 5.41) is 24.2. The van der Waals surface area contributed by atoms with Gasteiger partial charge in [-0.2, -0.15) is 5.10 Å². The maximum Gasteiger partial charge on any atom is 0.192 e. The van der Waals surface area contributed by atoms with Crippen molar-refractivity contribution in [3.05, 3.63) is 59.8 Å². The SMILES string of the molecule is CC.Cc1[nH]nc2ccc(-c3nnc(NCc4ccccc4)c(N4CCNCC4)n3)cc12. The summed E-state index contributed by atoms with van der Waals surface area (Å²) in [5.41, 5.74) is 4.09. The van der Waals surface area contributed by atoms with Crippen LogP contribution in [0.2, 0.25) is 0 Å². The molecule has 166 valence electrons. The highest BCUT2D eigenvalue weighted by molar-refractivity contribution is 5.85. The molecule has 0 amide bonds. The number of aryl methyl sites for hydroxylation is 1. The molecule has 8 nitrogen and oxygen atoms in total. The average Bonchev–Trinajstić information content (AvgIpc) is 3.25. The molecule has 2 aromatic heterocycles. The molecule has 5 rings (SSSR count). The van der Waals surface area contributed by atoms with Gasteiger partial charge in [0.25, 0.3) is 0 Å². The van der Waals surface area contributed by atoms with Crippen molar-refractivity contribution in [2.75, 3.05) is 36.4 Å². The third-order valence-corrected chi connectivity index (χ3v) is 5.39. The lowest BCUT2D eigenvalue weighted by Gasteiger charge is -2.29. The first kappa shape index (κ1) is 21.7. The lowest BCUT2D eigenvalue weighted by atomic mass is 10.1. The zero-order chi connectivity index (χ0) is 22.3. The number of hydrogen-bond donors (Lipinski definition) is 3. The second kappa shape index (κ2) is 10.2. The molecular formula is C24H30N8. The number of benzene rings is 2. The molecule has 1 saturated heterocycles. The van der Waals surface area contributed by atoms with E-state index in [2.05, 4.69) is 54.1 Å². The number of anilines is 2. The predicted molar refractivity (Wildman–Crippen MR) is 130 cm³/mol. The van der Waals surface area contributed by atoms with Gasteiger partial charge >= 0.3 is 0 Å². The Morgan fingerprint density at radius 3 is 2.56 bits per heavy atom. The van der Waals surface area contributed by atoms with E-state index in [9.17, 15) is 0 Å². The van der Waals surface area contributed by atoms with Crippen molar-refractivity contribution in [3.8, 4) is 11.4 Å². The van der Waals surface area contributed by atoms with Crippen LogP contribution in [-0.4, -0.2) is 51.6 Å². The number of aromatic nitrogens is 5. The highest BCUT2D eigenvalue weighted by Gasteiger charge is 2.19. The monoisotopic (exact) mass is 430 g/mol. The van der Waals surface area contributed by atoms with Crippen LogP contribution in [0.1, 0.15) is 25.1 Å². The molecule has 1 fully saturated rings. The Morgan fingerprint density at radius 2 is 1.78 bits per heavy atom. The van der Waals surface area contributed by atoms with Crippen molar-refractivity contribution < 1.29 is 0 Å². The largest absolute Gasteiger partial charge is 0.361 e. The van der Waals surface area contributed by atoms with E-state index < -0.39 is 0 Å². The van der Waals surface area contributed by atoms with Crippen molar-refractivity contribution in [2.24, 2.45) is 0 Å². The number of nitrogens with zero attached hydrogens (tertiary/aromatic N) is 5. The fourth-order valence-corrected chi connectivity index (χ4v) is 3.71. The summed E-state index contributed by atoms with van der Waals surface area (Å²) >= 11 is 0. The van der Waals surface area contributed by atoms with Gasteiger partial charge in [-0.1, -0.05) is 44.2 Å². The summed E-state index contributed by atoms with van der Waals surface area (Å²) in [4.78, 5) is 7.20. The topological polar surface area (TPSA) is 94.6 Å². The summed E-state index contributed by atoms with van der Waals surface area (Å²) in [6.07, 6.45) is 0. The minimum Gasteiger partial charge on any atom is -0.361 e. The van der Waals surface area contributed by atoms with Gasteiger partial charge < -0.3 is 15.5 Å². The molecule has 0 radical (unpaired) electrons. The van der Waals surface area contributed by atoms with Crippen LogP contribution in [0.3, 0.4) is 0 Å². The van der Waals surface area contributed by atoms with Gasteiger partial charge in [-0.25, -0.2) is 4.98 Å². The van der Waals surface area contributed by atoms with Gasteiger partial charge in [0, 0.05) is 49.4 Å². The van der Waals surface area contributed by atoms with Gasteiger partial charge in [0.2, 0.25) is 0 Å². The molecule has 0 bridgehead atoms. The number of H-pyrrole nitrogens is 1. The van der Waals surface area contributed by atoms with E-state index in [0.717, 1.165) is 54.2 Å². The van der Waals surface area contributed by atoms with Gasteiger partial charge in [-0.15, -0.1) is 10.2 Å². The Labute approximate surface area is 188 Å². The van der Waals surface area contributed by atoms with Crippen LogP contribution in [0, 0.1) is 6.92 Å². The molecule has 0 spiro atoms. The average molecular weight is 431 g/mol. The minimum absolute atomic E-state index is 0.622. The summed E-state index contributed by atoms with van der Waals surface area (Å²) in [6.45, 7) is 10.3. The van der Waals surface area contributed by atoms with Crippen molar-refractivity contribution in [3.63, 3.8) is 0 Å². The molecule has 0 saturated carbocycles. The smallest absolute Gasteiger partial charge is 0.192 e. The number of piperazine rings is 1. The van der Waals surface area contributed by atoms with Crippen LogP contribution < -0.4 is 15.5 Å². The van der Waals surface area contributed by atoms with E-state index in [1.54, 1.807) is 0 Å². The Morgan fingerprint density at radius 1 is 1.00 bits per heavy atom. The standard InChI is InChI=1S/C22H24N8.C2H6/c1-15-18-13-17(7-8-19(18)27-26-15)20-25-22(30-11-9-23-10-12-30)21(29-28-20)24-14-16-5-3-2-4-6-16;1-2/h2-8,13,23H,9-12,14H2,1H3,(H,24,29)(H,26,27);1-2H3. The second-order valence-electron chi connectivity index (χ2n) is 7.46.